The monoisotopic (exact) mass is 278 g/mol. The van der Waals surface area contributed by atoms with E-state index in [0.29, 0.717) is 25.8 Å². The van der Waals surface area contributed by atoms with Crippen molar-refractivity contribution in [2.24, 2.45) is 5.41 Å². The molecule has 0 radical (unpaired) electrons. The topological polar surface area (TPSA) is 90.5 Å². The minimum atomic E-state index is -0.893. The largest absolute Gasteiger partial charge is 0.481 e. The number of likely N-dealkylation sites (tertiary alicyclic amines) is 1. The van der Waals surface area contributed by atoms with Gasteiger partial charge in [-0.2, -0.15) is 0 Å². The summed E-state index contributed by atoms with van der Waals surface area (Å²) in [5.41, 5.74) is -1.18. The number of carboxylic acids is 1. The molecule has 108 valence electrons. The average molecular weight is 278 g/mol. The van der Waals surface area contributed by atoms with E-state index in [-0.39, 0.29) is 17.5 Å². The molecule has 1 aromatic heterocycles. The highest BCUT2D eigenvalue weighted by Gasteiger charge is 2.42. The van der Waals surface area contributed by atoms with Crippen molar-refractivity contribution < 1.29 is 14.7 Å². The molecule has 0 aliphatic carbocycles. The van der Waals surface area contributed by atoms with Gasteiger partial charge in [0, 0.05) is 31.5 Å². The number of nitrogens with zero attached hydrogens (tertiary/aromatic N) is 1. The number of aromatic amines is 1. The number of H-pyrrole nitrogens is 1. The van der Waals surface area contributed by atoms with Gasteiger partial charge in [-0.3, -0.25) is 14.4 Å². The van der Waals surface area contributed by atoms with Crippen molar-refractivity contribution in [3.05, 3.63) is 34.2 Å². The second kappa shape index (κ2) is 5.48. The number of hydrogen-bond donors (Lipinski definition) is 2. The zero-order chi connectivity index (χ0) is 14.8. The van der Waals surface area contributed by atoms with Crippen LogP contribution in [0, 0.1) is 5.41 Å². The predicted molar refractivity (Wildman–Crippen MR) is 72.6 cm³/mol. The van der Waals surface area contributed by atoms with Crippen LogP contribution >= 0.6 is 0 Å². The van der Waals surface area contributed by atoms with E-state index in [2.05, 4.69) is 4.98 Å². The number of aliphatic carboxylic acids is 1. The Balaban J connectivity index is 2.26. The molecule has 0 aromatic carbocycles. The number of amides is 1. The van der Waals surface area contributed by atoms with Gasteiger partial charge >= 0.3 is 5.97 Å². The van der Waals surface area contributed by atoms with Crippen molar-refractivity contribution in [1.82, 2.24) is 9.88 Å². The lowest BCUT2D eigenvalue weighted by atomic mass is 9.77. The lowest BCUT2D eigenvalue weighted by Gasteiger charge is -2.39. The molecule has 0 bridgehead atoms. The number of carboxylic acid groups (broad SMARTS) is 1. The van der Waals surface area contributed by atoms with Crippen molar-refractivity contribution in [2.75, 3.05) is 13.1 Å². The van der Waals surface area contributed by atoms with Crippen LogP contribution in [0.2, 0.25) is 0 Å². The molecule has 6 nitrogen and oxygen atoms in total. The zero-order valence-corrected chi connectivity index (χ0v) is 11.4. The number of rotatable bonds is 3. The molecule has 1 aliphatic heterocycles. The third-order valence-electron chi connectivity index (χ3n) is 4.05. The van der Waals surface area contributed by atoms with E-state index < -0.39 is 17.3 Å². The number of hydrogen-bond acceptors (Lipinski definition) is 3. The van der Waals surface area contributed by atoms with E-state index >= 15 is 0 Å². The van der Waals surface area contributed by atoms with Crippen molar-refractivity contribution >= 4 is 11.9 Å². The highest BCUT2D eigenvalue weighted by Crippen LogP contribution is 2.34. The van der Waals surface area contributed by atoms with Crippen LogP contribution in [0.15, 0.2) is 23.3 Å². The van der Waals surface area contributed by atoms with Crippen LogP contribution < -0.4 is 5.43 Å². The number of carbonyl (C=O) groups excluding carboxylic acids is 1. The summed E-state index contributed by atoms with van der Waals surface area (Å²) >= 11 is 0. The van der Waals surface area contributed by atoms with Gasteiger partial charge in [-0.15, -0.1) is 0 Å². The number of piperidine rings is 1. The zero-order valence-electron chi connectivity index (χ0n) is 11.4. The molecule has 1 unspecified atom stereocenters. The maximum Gasteiger partial charge on any atom is 0.311 e. The molecule has 1 atom stereocenters. The molecular weight excluding hydrogens is 260 g/mol. The van der Waals surface area contributed by atoms with Crippen LogP contribution in [-0.4, -0.2) is 40.0 Å². The van der Waals surface area contributed by atoms with Gasteiger partial charge in [-0.25, -0.2) is 0 Å². The normalized spacial score (nSPS) is 22.6. The number of aromatic nitrogens is 1. The summed E-state index contributed by atoms with van der Waals surface area (Å²) in [5, 5.41) is 9.41. The fraction of sp³-hybridized carbons (Fsp3) is 0.500. The quantitative estimate of drug-likeness (QED) is 0.866. The maximum atomic E-state index is 12.4. The molecule has 0 saturated carbocycles. The first-order valence-electron chi connectivity index (χ1n) is 6.70. The standard InChI is InChI=1S/C14H18N2O4/c1-2-14(13(19)20)5-3-7-16(9-14)12(18)10-8-15-6-4-11(10)17/h4,6,8H,2-3,5,7,9H2,1H3,(H,15,17)(H,19,20). The summed E-state index contributed by atoms with van der Waals surface area (Å²) in [6.07, 6.45) is 4.50. The van der Waals surface area contributed by atoms with Crippen LogP contribution in [0.5, 0.6) is 0 Å². The summed E-state index contributed by atoms with van der Waals surface area (Å²) in [5.74, 6) is -1.27. The highest BCUT2D eigenvalue weighted by molar-refractivity contribution is 5.94. The third-order valence-corrected chi connectivity index (χ3v) is 4.05. The van der Waals surface area contributed by atoms with Crippen LogP contribution in [0.25, 0.3) is 0 Å². The SMILES string of the molecule is CCC1(C(=O)O)CCCN(C(=O)c2c[nH]ccc2=O)C1. The summed E-state index contributed by atoms with van der Waals surface area (Å²) < 4.78 is 0. The molecule has 1 aromatic rings. The van der Waals surface area contributed by atoms with E-state index in [1.165, 1.54) is 23.4 Å². The van der Waals surface area contributed by atoms with E-state index in [1.54, 1.807) is 0 Å². The number of carbonyl (C=O) groups is 2. The fourth-order valence-corrected chi connectivity index (χ4v) is 2.67. The minimum Gasteiger partial charge on any atom is -0.481 e. The van der Waals surface area contributed by atoms with Gasteiger partial charge in [-0.05, 0) is 19.3 Å². The fourth-order valence-electron chi connectivity index (χ4n) is 2.67. The molecule has 1 fully saturated rings. The van der Waals surface area contributed by atoms with Gasteiger partial charge in [-0.1, -0.05) is 6.92 Å². The second-order valence-corrected chi connectivity index (χ2v) is 5.19. The Hall–Kier alpha value is -2.11. The van der Waals surface area contributed by atoms with E-state index in [4.69, 9.17) is 0 Å². The molecule has 2 N–H and O–H groups in total. The molecule has 1 aliphatic rings. The molecular formula is C14H18N2O4. The lowest BCUT2D eigenvalue weighted by molar-refractivity contribution is -0.152. The Morgan fingerprint density at radius 1 is 1.50 bits per heavy atom. The van der Waals surface area contributed by atoms with Gasteiger partial charge in [0.25, 0.3) is 5.91 Å². The first kappa shape index (κ1) is 14.3. The van der Waals surface area contributed by atoms with Crippen LogP contribution in [-0.2, 0) is 4.79 Å². The van der Waals surface area contributed by atoms with E-state index in [0.717, 1.165) is 0 Å². The number of pyridine rings is 1. The summed E-state index contributed by atoms with van der Waals surface area (Å²) in [6.45, 7) is 2.46. The molecule has 2 rings (SSSR count). The average Bonchev–Trinajstić information content (AvgIpc) is 2.47. The van der Waals surface area contributed by atoms with Gasteiger partial charge in [0.15, 0.2) is 5.43 Å². The Morgan fingerprint density at radius 3 is 2.85 bits per heavy atom. The Labute approximate surface area is 116 Å². The minimum absolute atomic E-state index is 0.0600. The van der Waals surface area contributed by atoms with Crippen molar-refractivity contribution in [3.63, 3.8) is 0 Å². The van der Waals surface area contributed by atoms with Crippen LogP contribution in [0.1, 0.15) is 36.5 Å². The van der Waals surface area contributed by atoms with Crippen LogP contribution in [0.3, 0.4) is 0 Å². The highest BCUT2D eigenvalue weighted by atomic mass is 16.4. The summed E-state index contributed by atoms with van der Waals surface area (Å²) in [7, 11) is 0. The molecule has 0 spiro atoms. The Kier molecular flexibility index (Phi) is 3.92. The van der Waals surface area contributed by atoms with Gasteiger partial charge < -0.3 is 15.0 Å². The van der Waals surface area contributed by atoms with Crippen molar-refractivity contribution in [1.29, 1.82) is 0 Å². The van der Waals surface area contributed by atoms with E-state index in [9.17, 15) is 19.5 Å². The van der Waals surface area contributed by atoms with Crippen LogP contribution in [0.4, 0.5) is 0 Å². The van der Waals surface area contributed by atoms with Gasteiger partial charge in [0.2, 0.25) is 0 Å². The van der Waals surface area contributed by atoms with Crippen molar-refractivity contribution in [2.45, 2.75) is 26.2 Å². The Morgan fingerprint density at radius 2 is 2.25 bits per heavy atom. The van der Waals surface area contributed by atoms with E-state index in [1.807, 2.05) is 6.92 Å². The second-order valence-electron chi connectivity index (χ2n) is 5.19. The Bertz CT molecular complexity index is 581. The molecule has 1 saturated heterocycles. The van der Waals surface area contributed by atoms with Gasteiger partial charge in [0.1, 0.15) is 5.56 Å². The third kappa shape index (κ3) is 2.45. The smallest absolute Gasteiger partial charge is 0.311 e. The molecule has 1 amide bonds. The maximum absolute atomic E-state index is 12.4. The first-order chi connectivity index (χ1) is 9.50. The number of nitrogens with one attached hydrogen (secondary N) is 1. The van der Waals surface area contributed by atoms with Crippen molar-refractivity contribution in [3.8, 4) is 0 Å². The summed E-state index contributed by atoms with van der Waals surface area (Å²) in [6, 6.07) is 1.29. The molecule has 2 heterocycles. The predicted octanol–water partition coefficient (Wildman–Crippen LogP) is 1.09. The molecule has 6 heteroatoms. The van der Waals surface area contributed by atoms with Gasteiger partial charge in [0.05, 0.1) is 5.41 Å². The lowest BCUT2D eigenvalue weighted by Crippen LogP contribution is -2.50. The first-order valence-corrected chi connectivity index (χ1v) is 6.70. The molecule has 20 heavy (non-hydrogen) atoms. The summed E-state index contributed by atoms with van der Waals surface area (Å²) in [4.78, 5) is 39.7.